The van der Waals surface area contributed by atoms with Gasteiger partial charge in [-0.2, -0.15) is 0 Å². The molecular formula is C30H48. The lowest BCUT2D eigenvalue weighted by Crippen LogP contribution is -2.41. The zero-order valence-electron chi connectivity index (χ0n) is 21.2. The van der Waals surface area contributed by atoms with E-state index in [1.54, 1.807) is 11.1 Å². The van der Waals surface area contributed by atoms with Crippen LogP contribution in [0.4, 0.5) is 0 Å². The third-order valence-corrected chi connectivity index (χ3v) is 7.24. The fourth-order valence-electron chi connectivity index (χ4n) is 5.08. The molecule has 0 aromatic heterocycles. The molecule has 0 bridgehead atoms. The number of benzene rings is 1. The van der Waals surface area contributed by atoms with Crippen molar-refractivity contribution in [2.75, 3.05) is 0 Å². The summed E-state index contributed by atoms with van der Waals surface area (Å²) in [6.07, 6.45) is 15.9. The molecule has 30 heavy (non-hydrogen) atoms. The lowest BCUT2D eigenvalue weighted by atomic mass is 9.54. The summed E-state index contributed by atoms with van der Waals surface area (Å²) in [6, 6.07) is 5.06. The molecular weight excluding hydrogens is 360 g/mol. The van der Waals surface area contributed by atoms with E-state index in [1.807, 2.05) is 0 Å². The van der Waals surface area contributed by atoms with Crippen molar-refractivity contribution in [3.8, 4) is 11.8 Å². The molecule has 168 valence electrons. The Hall–Kier alpha value is -1.22. The van der Waals surface area contributed by atoms with Crippen LogP contribution in [0, 0.1) is 17.3 Å². The molecule has 1 aromatic carbocycles. The predicted molar refractivity (Wildman–Crippen MR) is 134 cm³/mol. The minimum Gasteiger partial charge on any atom is -0.0919 e. The molecule has 0 aliphatic heterocycles. The van der Waals surface area contributed by atoms with Gasteiger partial charge in [0.2, 0.25) is 0 Å². The monoisotopic (exact) mass is 408 g/mol. The average Bonchev–Trinajstić information content (AvgIpc) is 2.71. The molecule has 0 heterocycles. The summed E-state index contributed by atoms with van der Waals surface area (Å²) in [5, 5.41) is 0. The van der Waals surface area contributed by atoms with E-state index in [4.69, 9.17) is 0 Å². The maximum absolute atomic E-state index is 3.60. The van der Waals surface area contributed by atoms with E-state index in [0.717, 1.165) is 5.92 Å². The van der Waals surface area contributed by atoms with Crippen LogP contribution in [-0.2, 0) is 11.8 Å². The van der Waals surface area contributed by atoms with E-state index in [0.29, 0.717) is 5.41 Å². The van der Waals surface area contributed by atoms with Gasteiger partial charge in [0, 0.05) is 11.0 Å². The lowest BCUT2D eigenvalue weighted by Gasteiger charge is -2.50. The van der Waals surface area contributed by atoms with Gasteiger partial charge < -0.3 is 0 Å². The van der Waals surface area contributed by atoms with E-state index >= 15 is 0 Å². The quantitative estimate of drug-likeness (QED) is 0.239. The molecule has 0 radical (unpaired) electrons. The summed E-state index contributed by atoms with van der Waals surface area (Å²) in [6.45, 7) is 16.2. The van der Waals surface area contributed by atoms with Crippen LogP contribution in [0.25, 0.3) is 0 Å². The molecule has 1 aliphatic rings. The molecule has 0 saturated heterocycles. The molecule has 0 N–H and O–H groups in total. The lowest BCUT2D eigenvalue weighted by molar-refractivity contribution is 0.282. The highest BCUT2D eigenvalue weighted by Crippen LogP contribution is 2.56. The number of fused-ring (bicyclic) bond motifs is 1. The molecule has 1 aliphatic carbocycles. The summed E-state index contributed by atoms with van der Waals surface area (Å²) in [7, 11) is 0. The normalized spacial score (nSPS) is 20.3. The number of rotatable bonds is 12. The van der Waals surface area contributed by atoms with Crippen molar-refractivity contribution < 1.29 is 0 Å². The molecule has 2 atom stereocenters. The molecule has 0 nitrogen and oxygen atoms in total. The van der Waals surface area contributed by atoms with Crippen molar-refractivity contribution in [3.63, 3.8) is 0 Å². The van der Waals surface area contributed by atoms with E-state index in [9.17, 15) is 0 Å². The van der Waals surface area contributed by atoms with Gasteiger partial charge in [0.1, 0.15) is 0 Å². The number of aryl methyl sites for hydroxylation is 1. The fourth-order valence-corrected chi connectivity index (χ4v) is 5.08. The van der Waals surface area contributed by atoms with Gasteiger partial charge in [-0.3, -0.25) is 0 Å². The standard InChI is InChI=1S/C30H48/c1-8-11-13-14-15-17-18-24-23-28-26(22-25(24)20-21-29(4,5)6)27(19-16-12-9-2)30(28,7)10-3/h22-23,27H,8-19H2,1-7H3. The van der Waals surface area contributed by atoms with E-state index in [-0.39, 0.29) is 5.41 Å². The minimum atomic E-state index is 0.0544. The van der Waals surface area contributed by atoms with Gasteiger partial charge in [0.15, 0.2) is 0 Å². The maximum atomic E-state index is 3.60. The largest absolute Gasteiger partial charge is 0.0919 e. The Kier molecular flexibility index (Phi) is 9.53. The van der Waals surface area contributed by atoms with Gasteiger partial charge in [-0.15, -0.1) is 0 Å². The maximum Gasteiger partial charge on any atom is 0.0280 e. The summed E-state index contributed by atoms with van der Waals surface area (Å²) in [5.74, 6) is 7.84. The second-order valence-electron chi connectivity index (χ2n) is 10.9. The van der Waals surface area contributed by atoms with E-state index in [2.05, 4.69) is 72.4 Å². The first kappa shape index (κ1) is 25.0. The Morgan fingerprint density at radius 3 is 2.13 bits per heavy atom. The van der Waals surface area contributed by atoms with E-state index < -0.39 is 0 Å². The van der Waals surface area contributed by atoms with Crippen LogP contribution >= 0.6 is 0 Å². The van der Waals surface area contributed by atoms with Crippen LogP contribution in [0.5, 0.6) is 0 Å². The first-order chi connectivity index (χ1) is 14.3. The number of hydrogen-bond acceptors (Lipinski definition) is 0. The van der Waals surface area contributed by atoms with Gasteiger partial charge in [-0.05, 0) is 80.5 Å². The topological polar surface area (TPSA) is 0 Å². The average molecular weight is 409 g/mol. The van der Waals surface area contributed by atoms with Crippen molar-refractivity contribution in [2.24, 2.45) is 5.41 Å². The number of unbranched alkanes of at least 4 members (excludes halogenated alkanes) is 7. The van der Waals surface area contributed by atoms with Crippen LogP contribution in [0.3, 0.4) is 0 Å². The van der Waals surface area contributed by atoms with E-state index in [1.165, 1.54) is 88.2 Å². The summed E-state index contributed by atoms with van der Waals surface area (Å²) < 4.78 is 0. The Balaban J connectivity index is 2.26. The van der Waals surface area contributed by atoms with Gasteiger partial charge in [0.05, 0.1) is 0 Å². The highest BCUT2D eigenvalue weighted by atomic mass is 14.5. The molecule has 0 spiro atoms. The van der Waals surface area contributed by atoms with Gasteiger partial charge in [-0.1, -0.05) is 97.0 Å². The second kappa shape index (κ2) is 11.4. The van der Waals surface area contributed by atoms with Crippen LogP contribution in [0.1, 0.15) is 147 Å². The molecule has 0 heteroatoms. The Morgan fingerprint density at radius 2 is 1.50 bits per heavy atom. The highest BCUT2D eigenvalue weighted by molar-refractivity contribution is 5.57. The first-order valence-corrected chi connectivity index (χ1v) is 13.0. The van der Waals surface area contributed by atoms with Gasteiger partial charge >= 0.3 is 0 Å². The summed E-state index contributed by atoms with van der Waals surface area (Å²) in [5.41, 5.74) is 6.49. The summed E-state index contributed by atoms with van der Waals surface area (Å²) in [4.78, 5) is 0. The molecule has 0 amide bonds. The van der Waals surface area contributed by atoms with Gasteiger partial charge in [-0.25, -0.2) is 0 Å². The van der Waals surface area contributed by atoms with Gasteiger partial charge in [0.25, 0.3) is 0 Å². The van der Waals surface area contributed by atoms with Crippen molar-refractivity contribution >= 4 is 0 Å². The molecule has 1 aromatic rings. The first-order valence-electron chi connectivity index (χ1n) is 13.0. The van der Waals surface area contributed by atoms with Crippen molar-refractivity contribution in [3.05, 3.63) is 34.4 Å². The van der Waals surface area contributed by atoms with Crippen LogP contribution in [-0.4, -0.2) is 0 Å². The van der Waals surface area contributed by atoms with Crippen LogP contribution in [0.2, 0.25) is 0 Å². The highest BCUT2D eigenvalue weighted by Gasteiger charge is 2.46. The summed E-state index contributed by atoms with van der Waals surface area (Å²) >= 11 is 0. The zero-order chi connectivity index (χ0) is 22.2. The smallest absolute Gasteiger partial charge is 0.0280 e. The minimum absolute atomic E-state index is 0.0544. The Bertz CT molecular complexity index is 721. The van der Waals surface area contributed by atoms with Crippen LogP contribution in [0.15, 0.2) is 12.1 Å². The number of hydrogen-bond donors (Lipinski definition) is 0. The predicted octanol–water partition coefficient (Wildman–Crippen LogP) is 9.33. The third-order valence-electron chi connectivity index (χ3n) is 7.24. The molecule has 2 rings (SSSR count). The van der Waals surface area contributed by atoms with Crippen molar-refractivity contribution in [1.82, 2.24) is 0 Å². The molecule has 2 unspecified atom stereocenters. The fraction of sp³-hybridized carbons (Fsp3) is 0.733. The third kappa shape index (κ3) is 6.39. The van der Waals surface area contributed by atoms with Crippen molar-refractivity contribution in [1.29, 1.82) is 0 Å². The van der Waals surface area contributed by atoms with Crippen molar-refractivity contribution in [2.45, 2.75) is 137 Å². The zero-order valence-corrected chi connectivity index (χ0v) is 21.2. The SMILES string of the molecule is CCCCCCCCc1cc2c(cc1C#CC(C)(C)C)C(CCCCC)C2(C)CC. The van der Waals surface area contributed by atoms with Crippen LogP contribution < -0.4 is 0 Å². The second-order valence-corrected chi connectivity index (χ2v) is 10.9. The Labute approximate surface area is 188 Å². The Morgan fingerprint density at radius 1 is 0.867 bits per heavy atom. The molecule has 0 saturated carbocycles. The molecule has 0 fully saturated rings.